The summed E-state index contributed by atoms with van der Waals surface area (Å²) in [5, 5.41) is 9.73. The number of rotatable bonds is 39. The van der Waals surface area contributed by atoms with Crippen molar-refractivity contribution < 1.29 is 42.4 Å². The number of phosphoric ester groups is 1. The van der Waals surface area contributed by atoms with Crippen LogP contribution in [0.25, 0.3) is 0 Å². The number of hydrogen-bond acceptors (Lipinski definition) is 8. The molecule has 0 aromatic rings. The number of aliphatic hydroxyl groups excluding tert-OH is 1. The third-order valence-electron chi connectivity index (χ3n) is 8.88. The van der Waals surface area contributed by atoms with E-state index in [1.165, 1.54) is 57.8 Å². The molecule has 0 rings (SSSR count). The molecule has 0 bridgehead atoms. The average Bonchev–Trinajstić information content (AvgIpc) is 3.14. The number of nitrogens with zero attached hydrogens (tertiary/aromatic N) is 1. The van der Waals surface area contributed by atoms with Gasteiger partial charge in [0.15, 0.2) is 6.10 Å². The first kappa shape index (κ1) is 53.7. The maximum atomic E-state index is 12.5. The van der Waals surface area contributed by atoms with E-state index in [4.69, 9.17) is 18.5 Å². The molecule has 0 fully saturated rings. The van der Waals surface area contributed by atoms with Crippen LogP contribution in [0.2, 0.25) is 0 Å². The molecule has 56 heavy (non-hydrogen) atoms. The van der Waals surface area contributed by atoms with Crippen molar-refractivity contribution in [2.75, 3.05) is 47.5 Å². The van der Waals surface area contributed by atoms with E-state index in [0.717, 1.165) is 70.6 Å². The Kier molecular flexibility index (Phi) is 36.7. The van der Waals surface area contributed by atoms with E-state index < -0.39 is 13.9 Å². The Morgan fingerprint density at radius 3 is 1.77 bits per heavy atom. The zero-order valence-electron chi connectivity index (χ0n) is 36.2. The summed E-state index contributed by atoms with van der Waals surface area (Å²) in [6, 6.07) is 0. The van der Waals surface area contributed by atoms with Crippen LogP contribution in [0.4, 0.5) is 0 Å². The van der Waals surface area contributed by atoms with E-state index in [-0.39, 0.29) is 38.3 Å². The van der Waals surface area contributed by atoms with Gasteiger partial charge in [-0.25, -0.2) is 0 Å². The molecule has 0 aromatic carbocycles. The Hall–Kier alpha value is -2.26. The maximum Gasteiger partial charge on any atom is 0.305 e. The van der Waals surface area contributed by atoms with Gasteiger partial charge in [0.25, 0.3) is 7.82 Å². The topological polar surface area (TPSA) is 114 Å². The smallest absolute Gasteiger partial charge is 0.305 e. The second kappa shape index (κ2) is 38.3. The zero-order valence-corrected chi connectivity index (χ0v) is 37.1. The molecule has 0 aliphatic rings. The first-order valence-corrected chi connectivity index (χ1v) is 23.2. The van der Waals surface area contributed by atoms with Crippen LogP contribution in [-0.2, 0) is 27.9 Å². The van der Waals surface area contributed by atoms with Gasteiger partial charge >= 0.3 is 5.97 Å². The molecule has 0 saturated carbocycles. The van der Waals surface area contributed by atoms with Crippen molar-refractivity contribution in [3.63, 3.8) is 0 Å². The number of unbranched alkanes of at least 4 members (excludes halogenated alkanes) is 12. The number of quaternary nitrogens is 1. The Labute approximate surface area is 343 Å². The summed E-state index contributed by atoms with van der Waals surface area (Å²) in [7, 11) is 1.29. The largest absolute Gasteiger partial charge is 0.756 e. The molecular formula is C46H82NO8P. The minimum atomic E-state index is -4.54. The first-order chi connectivity index (χ1) is 27.0. The molecule has 1 N–H and O–H groups in total. The molecule has 0 amide bonds. The minimum Gasteiger partial charge on any atom is -0.756 e. The van der Waals surface area contributed by atoms with Crippen LogP contribution >= 0.6 is 7.82 Å². The fourth-order valence-electron chi connectivity index (χ4n) is 5.41. The SMILES string of the molecule is CCCCCCCC/C=C\CCCCCC/C=C/O[C@H](COC(=O)CCC/C=C\C/C=C\C/C=C\C/C=C\CC(O)CCC)COP(=O)([O-])OCC[N+](C)(C)C. The number of likely N-dealkylation sites (N-methyl/N-ethyl adjacent to an activating group) is 1. The molecule has 9 nitrogen and oxygen atoms in total. The molecule has 0 aliphatic carbocycles. The molecule has 0 aromatic heterocycles. The fourth-order valence-corrected chi connectivity index (χ4v) is 6.14. The maximum absolute atomic E-state index is 12.5. The van der Waals surface area contributed by atoms with Gasteiger partial charge in [-0.3, -0.25) is 9.36 Å². The zero-order chi connectivity index (χ0) is 41.4. The Balaban J connectivity index is 4.44. The molecule has 10 heteroatoms. The van der Waals surface area contributed by atoms with E-state index in [2.05, 4.69) is 68.5 Å². The summed E-state index contributed by atoms with van der Waals surface area (Å²) in [6.07, 6.45) is 46.5. The molecule has 0 saturated heterocycles. The number of esters is 1. The van der Waals surface area contributed by atoms with Gasteiger partial charge in [0.2, 0.25) is 0 Å². The van der Waals surface area contributed by atoms with Gasteiger partial charge in [0.05, 0.1) is 40.1 Å². The van der Waals surface area contributed by atoms with Gasteiger partial charge in [-0.1, -0.05) is 126 Å². The van der Waals surface area contributed by atoms with Gasteiger partial charge < -0.3 is 33.0 Å². The van der Waals surface area contributed by atoms with Crippen molar-refractivity contribution in [1.82, 2.24) is 0 Å². The van der Waals surface area contributed by atoms with Gasteiger partial charge in [-0.2, -0.15) is 0 Å². The van der Waals surface area contributed by atoms with E-state index >= 15 is 0 Å². The number of aliphatic hydroxyl groups is 1. The normalized spacial score (nSPS) is 15.0. The van der Waals surface area contributed by atoms with Crippen LogP contribution in [-0.4, -0.2) is 75.3 Å². The highest BCUT2D eigenvalue weighted by Gasteiger charge is 2.19. The number of carbonyl (C=O) groups is 1. The van der Waals surface area contributed by atoms with Crippen molar-refractivity contribution in [3.05, 3.63) is 73.1 Å². The van der Waals surface area contributed by atoms with Gasteiger partial charge in [0.1, 0.15) is 19.8 Å². The summed E-state index contributed by atoms with van der Waals surface area (Å²) >= 11 is 0. The number of phosphoric acid groups is 1. The van der Waals surface area contributed by atoms with Crippen molar-refractivity contribution in [1.29, 1.82) is 0 Å². The van der Waals surface area contributed by atoms with Gasteiger partial charge in [-0.05, 0) is 89.5 Å². The van der Waals surface area contributed by atoms with Crippen molar-refractivity contribution in [2.45, 2.75) is 167 Å². The summed E-state index contributed by atoms with van der Waals surface area (Å²) in [4.78, 5) is 24.8. The lowest BCUT2D eigenvalue weighted by Gasteiger charge is -2.28. The Bertz CT molecular complexity index is 1140. The fraction of sp³-hybridized carbons (Fsp3) is 0.717. The standard InChI is InChI=1S/C46H82NO8P/c1-6-8-9-10-11-12-13-14-15-16-20-23-26-29-32-35-40-52-45(43-55-56(50,51)54-41-39-47(3,4)5)42-53-46(49)38-34-31-28-25-22-19-17-18-21-24-27-30-33-37-44(48)36-7-2/h14-15,17,19,21,24-25,28,30,33,35,40,44-45,48H,6-13,16,18,20,22-23,26-27,29,31-32,34,36-39,41-43H2,1-5H3/b15-14-,19-17-,24-21-,28-25-,33-30-,40-35+/t44?,45-/m1/s1. The Morgan fingerprint density at radius 2 is 1.18 bits per heavy atom. The van der Waals surface area contributed by atoms with Crippen LogP contribution in [0.3, 0.4) is 0 Å². The number of ether oxygens (including phenoxy) is 2. The van der Waals surface area contributed by atoms with E-state index in [1.54, 1.807) is 6.26 Å². The third-order valence-corrected chi connectivity index (χ3v) is 9.84. The van der Waals surface area contributed by atoms with E-state index in [9.17, 15) is 19.4 Å². The molecule has 0 aliphatic heterocycles. The molecule has 0 heterocycles. The first-order valence-electron chi connectivity index (χ1n) is 21.8. The number of allylic oxidation sites excluding steroid dienone is 10. The van der Waals surface area contributed by atoms with Crippen molar-refractivity contribution >= 4 is 13.8 Å². The highest BCUT2D eigenvalue weighted by Crippen LogP contribution is 2.38. The lowest BCUT2D eigenvalue weighted by molar-refractivity contribution is -0.870. The van der Waals surface area contributed by atoms with Crippen LogP contribution in [0.5, 0.6) is 0 Å². The van der Waals surface area contributed by atoms with Crippen molar-refractivity contribution in [2.24, 2.45) is 0 Å². The van der Waals surface area contributed by atoms with Crippen LogP contribution in [0.15, 0.2) is 73.1 Å². The summed E-state index contributed by atoms with van der Waals surface area (Å²) in [5.74, 6) is -0.364. The second-order valence-electron chi connectivity index (χ2n) is 15.6. The highest BCUT2D eigenvalue weighted by atomic mass is 31.2. The molecule has 3 atom stereocenters. The van der Waals surface area contributed by atoms with Gasteiger partial charge in [0, 0.05) is 6.42 Å². The average molecular weight is 808 g/mol. The predicted octanol–water partition coefficient (Wildman–Crippen LogP) is 11.4. The van der Waals surface area contributed by atoms with Crippen molar-refractivity contribution in [3.8, 4) is 0 Å². The predicted molar refractivity (Wildman–Crippen MR) is 232 cm³/mol. The third kappa shape index (κ3) is 41.4. The second-order valence-corrected chi connectivity index (χ2v) is 17.0. The van der Waals surface area contributed by atoms with Crippen LogP contribution in [0.1, 0.15) is 155 Å². The molecule has 0 spiro atoms. The van der Waals surface area contributed by atoms with E-state index in [0.29, 0.717) is 17.4 Å². The summed E-state index contributed by atoms with van der Waals surface area (Å²) in [5.41, 5.74) is 0. The molecular weight excluding hydrogens is 725 g/mol. The number of hydrogen-bond donors (Lipinski definition) is 1. The van der Waals surface area contributed by atoms with Gasteiger partial charge in [-0.15, -0.1) is 0 Å². The minimum absolute atomic E-state index is 0.00711. The molecule has 324 valence electrons. The monoisotopic (exact) mass is 808 g/mol. The lowest BCUT2D eigenvalue weighted by Crippen LogP contribution is -2.37. The van der Waals surface area contributed by atoms with E-state index in [1.807, 2.05) is 33.3 Å². The highest BCUT2D eigenvalue weighted by molar-refractivity contribution is 7.45. The number of carbonyl (C=O) groups excluding carboxylic acids is 1. The quantitative estimate of drug-likeness (QED) is 0.0163. The van der Waals surface area contributed by atoms with Crippen LogP contribution in [0, 0.1) is 0 Å². The molecule has 0 radical (unpaired) electrons. The summed E-state index contributed by atoms with van der Waals surface area (Å²) < 4.78 is 34.2. The summed E-state index contributed by atoms with van der Waals surface area (Å²) in [6.45, 7) is 4.40. The van der Waals surface area contributed by atoms with Crippen LogP contribution < -0.4 is 4.89 Å². The Morgan fingerprint density at radius 1 is 0.661 bits per heavy atom. The lowest BCUT2D eigenvalue weighted by atomic mass is 10.1. The molecule has 2 unspecified atom stereocenters.